The van der Waals surface area contributed by atoms with Gasteiger partial charge in [-0.2, -0.15) is 0 Å². The summed E-state index contributed by atoms with van der Waals surface area (Å²) in [6.45, 7) is 2.96. The predicted octanol–water partition coefficient (Wildman–Crippen LogP) is 4.86. The molecular weight excluding hydrogens is 390 g/mol. The summed E-state index contributed by atoms with van der Waals surface area (Å²) in [5.41, 5.74) is 2.80. The maximum Gasteiger partial charge on any atom is 0.270 e. The summed E-state index contributed by atoms with van der Waals surface area (Å²) in [5.74, 6) is -0.0852. The zero-order chi connectivity index (χ0) is 19.3. The molecule has 0 saturated carbocycles. The minimum atomic E-state index is -0.0852. The van der Waals surface area contributed by atoms with E-state index in [0.717, 1.165) is 43.0 Å². The van der Waals surface area contributed by atoms with E-state index in [2.05, 4.69) is 39.5 Å². The van der Waals surface area contributed by atoms with Gasteiger partial charge in [0.15, 0.2) is 0 Å². The highest BCUT2D eigenvalue weighted by Gasteiger charge is 2.22. The molecule has 1 N–H and O–H groups in total. The fraction of sp³-hybridized carbons (Fsp3) is 0.273. The number of hydrogen-bond acceptors (Lipinski definition) is 4. The minimum absolute atomic E-state index is 0.0852. The summed E-state index contributed by atoms with van der Waals surface area (Å²) in [6.07, 6.45) is 1.93. The van der Waals surface area contributed by atoms with E-state index in [-0.39, 0.29) is 11.9 Å². The summed E-state index contributed by atoms with van der Waals surface area (Å²) in [7, 11) is 0. The third-order valence-corrected chi connectivity index (χ3v) is 6.14. The van der Waals surface area contributed by atoms with E-state index >= 15 is 0 Å². The molecule has 1 aliphatic rings. The van der Waals surface area contributed by atoms with Gasteiger partial charge in [-0.15, -0.1) is 11.3 Å². The van der Waals surface area contributed by atoms with Crippen molar-refractivity contribution in [2.75, 3.05) is 13.1 Å². The number of piperidine rings is 1. The van der Waals surface area contributed by atoms with Gasteiger partial charge < -0.3 is 5.32 Å². The van der Waals surface area contributed by atoms with Crippen LogP contribution >= 0.6 is 22.9 Å². The van der Waals surface area contributed by atoms with Crippen LogP contribution < -0.4 is 5.32 Å². The molecule has 2 aromatic carbocycles. The monoisotopic (exact) mass is 411 g/mol. The number of nitrogens with one attached hydrogen (secondary N) is 1. The van der Waals surface area contributed by atoms with Gasteiger partial charge in [-0.1, -0.05) is 54.1 Å². The quantitative estimate of drug-likeness (QED) is 0.652. The number of aromatic nitrogens is 1. The lowest BCUT2D eigenvalue weighted by Crippen LogP contribution is -2.44. The summed E-state index contributed by atoms with van der Waals surface area (Å²) in [4.78, 5) is 19.5. The first-order valence-electron chi connectivity index (χ1n) is 9.46. The second-order valence-electron chi connectivity index (χ2n) is 7.05. The normalized spacial score (nSPS) is 15.5. The average molecular weight is 412 g/mol. The van der Waals surface area contributed by atoms with Gasteiger partial charge in [-0.05, 0) is 30.5 Å². The van der Waals surface area contributed by atoms with Crippen LogP contribution in [0.3, 0.4) is 0 Å². The third kappa shape index (κ3) is 4.79. The summed E-state index contributed by atoms with van der Waals surface area (Å²) in [6, 6.07) is 18.2. The Morgan fingerprint density at radius 2 is 1.82 bits per heavy atom. The maximum absolute atomic E-state index is 12.6. The van der Waals surface area contributed by atoms with Crippen LogP contribution in [0.2, 0.25) is 5.02 Å². The Labute approximate surface area is 174 Å². The largest absolute Gasteiger partial charge is 0.348 e. The number of thiazole rings is 1. The van der Waals surface area contributed by atoms with Gasteiger partial charge in [-0.25, -0.2) is 4.98 Å². The number of rotatable bonds is 5. The standard InChI is InChI=1S/C22H22ClN3OS/c23-18-8-6-17(7-9-18)22-25-20(15-28-22)21(27)24-19-10-12-26(13-11-19)14-16-4-2-1-3-5-16/h1-9,15,19H,10-14H2,(H,24,27). The fourth-order valence-electron chi connectivity index (χ4n) is 3.44. The highest BCUT2D eigenvalue weighted by Crippen LogP contribution is 2.25. The second-order valence-corrected chi connectivity index (χ2v) is 8.35. The van der Waals surface area contributed by atoms with Crippen molar-refractivity contribution in [1.82, 2.24) is 15.2 Å². The lowest BCUT2D eigenvalue weighted by molar-refractivity contribution is 0.0904. The predicted molar refractivity (Wildman–Crippen MR) is 115 cm³/mol. The van der Waals surface area contributed by atoms with Gasteiger partial charge in [0.2, 0.25) is 0 Å². The van der Waals surface area contributed by atoms with Crippen molar-refractivity contribution in [3.8, 4) is 10.6 Å². The Kier molecular flexibility index (Phi) is 6.05. The van der Waals surface area contributed by atoms with Crippen molar-refractivity contribution in [2.24, 2.45) is 0 Å². The number of halogens is 1. The van der Waals surface area contributed by atoms with E-state index in [1.807, 2.05) is 35.7 Å². The van der Waals surface area contributed by atoms with Crippen LogP contribution in [-0.4, -0.2) is 34.9 Å². The van der Waals surface area contributed by atoms with E-state index < -0.39 is 0 Å². The number of amides is 1. The molecule has 1 aromatic heterocycles. The van der Waals surface area contributed by atoms with Crippen LogP contribution in [0.1, 0.15) is 28.9 Å². The Morgan fingerprint density at radius 3 is 2.54 bits per heavy atom. The van der Waals surface area contributed by atoms with E-state index in [0.29, 0.717) is 10.7 Å². The highest BCUT2D eigenvalue weighted by atomic mass is 35.5. The summed E-state index contributed by atoms with van der Waals surface area (Å²) in [5, 5.41) is 6.50. The van der Waals surface area contributed by atoms with Gasteiger partial charge in [-0.3, -0.25) is 9.69 Å². The number of hydrogen-bond donors (Lipinski definition) is 1. The van der Waals surface area contributed by atoms with Crippen LogP contribution in [0.25, 0.3) is 10.6 Å². The lowest BCUT2D eigenvalue weighted by atomic mass is 10.0. The topological polar surface area (TPSA) is 45.2 Å². The molecule has 6 heteroatoms. The van der Waals surface area contributed by atoms with Crippen LogP contribution in [-0.2, 0) is 6.54 Å². The smallest absolute Gasteiger partial charge is 0.270 e. The van der Waals surface area contributed by atoms with Crippen molar-refractivity contribution < 1.29 is 4.79 Å². The maximum atomic E-state index is 12.6. The molecule has 4 nitrogen and oxygen atoms in total. The number of carbonyl (C=O) groups is 1. The van der Waals surface area contributed by atoms with Crippen molar-refractivity contribution in [3.63, 3.8) is 0 Å². The van der Waals surface area contributed by atoms with E-state index in [1.165, 1.54) is 16.9 Å². The summed E-state index contributed by atoms with van der Waals surface area (Å²) >= 11 is 7.41. The van der Waals surface area contributed by atoms with Crippen LogP contribution in [0, 0.1) is 0 Å². The zero-order valence-corrected chi connectivity index (χ0v) is 17.0. The zero-order valence-electron chi connectivity index (χ0n) is 15.5. The minimum Gasteiger partial charge on any atom is -0.348 e. The van der Waals surface area contributed by atoms with Crippen molar-refractivity contribution in [2.45, 2.75) is 25.4 Å². The molecular formula is C22H22ClN3OS. The number of nitrogens with zero attached hydrogens (tertiary/aromatic N) is 2. The Bertz CT molecular complexity index is 918. The van der Waals surface area contributed by atoms with E-state index in [4.69, 9.17) is 11.6 Å². The molecule has 1 aliphatic heterocycles. The molecule has 0 aliphatic carbocycles. The first-order valence-corrected chi connectivity index (χ1v) is 10.7. The van der Waals surface area contributed by atoms with Crippen molar-refractivity contribution >= 4 is 28.8 Å². The molecule has 1 saturated heterocycles. The number of likely N-dealkylation sites (tertiary alicyclic amines) is 1. The van der Waals surface area contributed by atoms with Gasteiger partial charge in [0.05, 0.1) is 0 Å². The first-order chi connectivity index (χ1) is 13.7. The van der Waals surface area contributed by atoms with E-state index in [9.17, 15) is 4.79 Å². The summed E-state index contributed by atoms with van der Waals surface area (Å²) < 4.78 is 0. The van der Waals surface area contributed by atoms with E-state index in [1.54, 1.807) is 0 Å². The van der Waals surface area contributed by atoms with Gasteiger partial charge in [0, 0.05) is 41.6 Å². The van der Waals surface area contributed by atoms with Crippen LogP contribution in [0.15, 0.2) is 60.0 Å². The molecule has 3 aromatic rings. The second kappa shape index (κ2) is 8.86. The molecule has 2 heterocycles. The molecule has 0 spiro atoms. The average Bonchev–Trinajstić information content (AvgIpc) is 3.21. The Morgan fingerprint density at radius 1 is 1.11 bits per heavy atom. The molecule has 0 atom stereocenters. The van der Waals surface area contributed by atoms with Crippen molar-refractivity contribution in [1.29, 1.82) is 0 Å². The molecule has 1 amide bonds. The molecule has 0 unspecified atom stereocenters. The molecule has 0 bridgehead atoms. The number of carbonyl (C=O) groups excluding carboxylic acids is 1. The molecule has 28 heavy (non-hydrogen) atoms. The van der Waals surface area contributed by atoms with Crippen molar-refractivity contribution in [3.05, 3.63) is 76.3 Å². The fourth-order valence-corrected chi connectivity index (χ4v) is 4.37. The Hall–Kier alpha value is -2.21. The SMILES string of the molecule is O=C(NC1CCN(Cc2ccccc2)CC1)c1csc(-c2ccc(Cl)cc2)n1. The third-order valence-electron chi connectivity index (χ3n) is 5.00. The molecule has 1 fully saturated rings. The molecule has 144 valence electrons. The first kappa shape index (κ1) is 19.1. The van der Waals surface area contributed by atoms with Crippen LogP contribution in [0.5, 0.6) is 0 Å². The van der Waals surface area contributed by atoms with Gasteiger partial charge in [0.25, 0.3) is 5.91 Å². The number of benzene rings is 2. The highest BCUT2D eigenvalue weighted by molar-refractivity contribution is 7.13. The van der Waals surface area contributed by atoms with Gasteiger partial charge in [0.1, 0.15) is 10.7 Å². The molecule has 4 rings (SSSR count). The lowest BCUT2D eigenvalue weighted by Gasteiger charge is -2.32. The van der Waals surface area contributed by atoms with Crippen LogP contribution in [0.4, 0.5) is 0 Å². The van der Waals surface area contributed by atoms with Gasteiger partial charge >= 0.3 is 0 Å². The Balaban J connectivity index is 1.29. The molecule has 0 radical (unpaired) electrons.